The summed E-state index contributed by atoms with van der Waals surface area (Å²) >= 11 is 0. The van der Waals surface area contributed by atoms with Crippen molar-refractivity contribution in [2.45, 2.75) is 76.9 Å². The second-order valence-electron chi connectivity index (χ2n) is 17.5. The molecule has 2 bridgehead atoms. The zero-order chi connectivity index (χ0) is 40.7. The molecule has 7 unspecified atom stereocenters. The fourth-order valence-electron chi connectivity index (χ4n) is 11.7. The van der Waals surface area contributed by atoms with Gasteiger partial charge >= 0.3 is 11.9 Å². The summed E-state index contributed by atoms with van der Waals surface area (Å²) in [5.74, 6) is 0.960. The van der Waals surface area contributed by atoms with Crippen molar-refractivity contribution in [2.75, 3.05) is 27.2 Å². The van der Waals surface area contributed by atoms with Crippen LogP contribution in [0.4, 0.5) is 0 Å². The summed E-state index contributed by atoms with van der Waals surface area (Å²) in [6, 6.07) is 24.1. The molecule has 7 aliphatic rings. The van der Waals surface area contributed by atoms with Gasteiger partial charge in [0.1, 0.15) is 17.3 Å². The standard InChI is InChI=1S/C50H57N3O6/c1-51-29-33-11-6-12-34(25-33)36-15-14-35(55)28-40(36)44-37-18-21-50(42(59-49(57)47(44)50)26-32(20-23-54)24-30-8-4-3-5-9-30)46-38(37)16-17-39-41(58-48(56)45(39)46)13-7-10-31-19-22-53-43(27-31)52-2/h3-6,8-9,11-15,25-26,28,31-32,37-38,43,46,51-55H,7,10,16-24,27,29H2,1-2H3. The molecule has 3 aromatic rings. The highest BCUT2D eigenvalue weighted by atomic mass is 16.5. The van der Waals surface area contributed by atoms with Gasteiger partial charge in [0, 0.05) is 30.2 Å². The Bertz CT molecular complexity index is 2240. The highest BCUT2D eigenvalue weighted by Gasteiger charge is 2.68. The van der Waals surface area contributed by atoms with Gasteiger partial charge in [-0.3, -0.25) is 0 Å². The first-order valence-electron chi connectivity index (χ1n) is 21.8. The van der Waals surface area contributed by atoms with Crippen molar-refractivity contribution in [3.05, 3.63) is 130 Å². The molecule has 3 fully saturated rings. The van der Waals surface area contributed by atoms with E-state index < -0.39 is 5.41 Å². The molecule has 5 N–H and O–H groups in total. The minimum absolute atomic E-state index is 0.00761. The van der Waals surface area contributed by atoms with Crippen molar-refractivity contribution in [1.82, 2.24) is 16.0 Å². The molecule has 3 heterocycles. The molecule has 308 valence electrons. The molecule has 0 amide bonds. The van der Waals surface area contributed by atoms with Crippen LogP contribution in [-0.2, 0) is 32.0 Å². The number of allylic oxidation sites excluding steroid dienone is 5. The Labute approximate surface area is 347 Å². The molecule has 0 aromatic heterocycles. The van der Waals surface area contributed by atoms with Gasteiger partial charge in [0.05, 0.1) is 17.2 Å². The number of hydrogen-bond acceptors (Lipinski definition) is 9. The Balaban J connectivity index is 1.19. The third kappa shape index (κ3) is 7.20. The molecule has 0 radical (unpaired) electrons. The van der Waals surface area contributed by atoms with E-state index in [4.69, 9.17) is 9.47 Å². The van der Waals surface area contributed by atoms with Gasteiger partial charge in [-0.1, -0.05) is 54.6 Å². The number of phenolic OH excluding ortho intramolecular Hbond substituents is 1. The van der Waals surface area contributed by atoms with Crippen LogP contribution in [0.3, 0.4) is 0 Å². The Kier molecular flexibility index (Phi) is 11.2. The minimum atomic E-state index is -0.903. The predicted molar refractivity (Wildman–Crippen MR) is 228 cm³/mol. The van der Waals surface area contributed by atoms with Crippen LogP contribution in [0.2, 0.25) is 0 Å². The Hall–Kier alpha value is -4.80. The molecular weight excluding hydrogens is 739 g/mol. The number of nitrogens with one attached hydrogen (secondary N) is 3. The summed E-state index contributed by atoms with van der Waals surface area (Å²) in [5.41, 5.74) is 7.43. The Morgan fingerprint density at radius 1 is 0.932 bits per heavy atom. The molecule has 1 spiro atoms. The zero-order valence-corrected chi connectivity index (χ0v) is 34.3. The summed E-state index contributed by atoms with van der Waals surface area (Å²) in [4.78, 5) is 29.2. The van der Waals surface area contributed by atoms with E-state index in [9.17, 15) is 19.8 Å². The van der Waals surface area contributed by atoms with E-state index in [2.05, 4.69) is 64.5 Å². The van der Waals surface area contributed by atoms with Crippen LogP contribution in [0.15, 0.2) is 113 Å². The number of aliphatic hydroxyl groups excluding tert-OH is 1. The lowest BCUT2D eigenvalue weighted by atomic mass is 9.44. The van der Waals surface area contributed by atoms with Crippen LogP contribution in [-0.4, -0.2) is 55.6 Å². The zero-order valence-electron chi connectivity index (χ0n) is 34.3. The van der Waals surface area contributed by atoms with Gasteiger partial charge in [-0.2, -0.15) is 0 Å². The fraction of sp³-hybridized carbons (Fsp3) is 0.440. The van der Waals surface area contributed by atoms with E-state index in [1.54, 1.807) is 6.07 Å². The van der Waals surface area contributed by atoms with Crippen molar-refractivity contribution >= 4 is 17.5 Å². The van der Waals surface area contributed by atoms with Crippen molar-refractivity contribution in [2.24, 2.45) is 35.0 Å². The number of esters is 2. The number of hydrogen-bond donors (Lipinski definition) is 5. The topological polar surface area (TPSA) is 129 Å². The van der Waals surface area contributed by atoms with Gasteiger partial charge in [0.25, 0.3) is 0 Å². The van der Waals surface area contributed by atoms with Gasteiger partial charge in [0.15, 0.2) is 0 Å². The van der Waals surface area contributed by atoms with E-state index in [0.717, 1.165) is 90.5 Å². The normalized spacial score (nSPS) is 29.1. The lowest BCUT2D eigenvalue weighted by Gasteiger charge is -2.56. The quantitative estimate of drug-likeness (QED) is 0.111. The lowest BCUT2D eigenvalue weighted by molar-refractivity contribution is -0.135. The number of ether oxygens (including phenoxy) is 2. The van der Waals surface area contributed by atoms with Crippen molar-refractivity contribution in [3.8, 4) is 16.9 Å². The largest absolute Gasteiger partial charge is 0.508 e. The van der Waals surface area contributed by atoms with E-state index >= 15 is 0 Å². The number of rotatable bonds is 13. The highest BCUT2D eigenvalue weighted by Crippen LogP contribution is 2.72. The second kappa shape index (κ2) is 16.7. The minimum Gasteiger partial charge on any atom is -0.508 e. The fourth-order valence-corrected chi connectivity index (χ4v) is 11.7. The summed E-state index contributed by atoms with van der Waals surface area (Å²) in [6.45, 7) is 1.70. The molecule has 3 aromatic carbocycles. The van der Waals surface area contributed by atoms with E-state index in [-0.39, 0.29) is 48.0 Å². The molecule has 9 heteroatoms. The first kappa shape index (κ1) is 39.6. The number of phenols is 1. The SMILES string of the molecule is CNCc1cccc(-c2ccc(O)cc2C2=C3C(=O)OC(=CC(CCO)Cc4ccccc4)C34CCC2C2CCC3=C(C(=O)OC3=CCCC3CCNC(NC)C3)C24)c1. The van der Waals surface area contributed by atoms with Gasteiger partial charge in [0.2, 0.25) is 0 Å². The molecule has 10 rings (SSSR count). The summed E-state index contributed by atoms with van der Waals surface area (Å²) < 4.78 is 12.8. The van der Waals surface area contributed by atoms with E-state index in [1.165, 1.54) is 0 Å². The van der Waals surface area contributed by atoms with Gasteiger partial charge < -0.3 is 35.6 Å². The van der Waals surface area contributed by atoms with Crippen LogP contribution in [0, 0.1) is 35.0 Å². The van der Waals surface area contributed by atoms with Crippen LogP contribution in [0.5, 0.6) is 5.75 Å². The third-order valence-electron chi connectivity index (χ3n) is 14.2. The molecule has 3 aliphatic heterocycles. The maximum Gasteiger partial charge on any atom is 0.340 e. The number of aliphatic hydroxyl groups is 1. The monoisotopic (exact) mass is 795 g/mol. The number of piperidine rings is 1. The number of benzene rings is 3. The summed E-state index contributed by atoms with van der Waals surface area (Å²) in [7, 11) is 3.93. The first-order chi connectivity index (χ1) is 28.8. The van der Waals surface area contributed by atoms with Crippen molar-refractivity contribution < 1.29 is 29.3 Å². The van der Waals surface area contributed by atoms with Gasteiger partial charge in [-0.05, 0) is 172 Å². The highest BCUT2D eigenvalue weighted by molar-refractivity contribution is 6.07. The Morgan fingerprint density at radius 3 is 2.59 bits per heavy atom. The maximum absolute atomic E-state index is 14.8. The smallest absolute Gasteiger partial charge is 0.340 e. The van der Waals surface area contributed by atoms with Crippen LogP contribution >= 0.6 is 0 Å². The molecular formula is C50H57N3O6. The number of carbonyl (C=O) groups excluding carboxylic acids is 2. The third-order valence-corrected chi connectivity index (χ3v) is 14.2. The molecule has 59 heavy (non-hydrogen) atoms. The van der Waals surface area contributed by atoms with Crippen molar-refractivity contribution in [1.29, 1.82) is 0 Å². The van der Waals surface area contributed by atoms with Crippen LogP contribution in [0.25, 0.3) is 16.7 Å². The van der Waals surface area contributed by atoms with Crippen molar-refractivity contribution in [3.63, 3.8) is 0 Å². The number of fused-ring (bicyclic) bond motifs is 1. The number of cyclic esters (lactones) is 2. The average Bonchev–Trinajstić information content (AvgIpc) is 3.73. The molecule has 9 nitrogen and oxygen atoms in total. The van der Waals surface area contributed by atoms with E-state index in [1.807, 2.05) is 44.4 Å². The summed E-state index contributed by atoms with van der Waals surface area (Å²) in [6.07, 6.45) is 12.9. The van der Waals surface area contributed by atoms with Gasteiger partial charge in [-0.15, -0.1) is 0 Å². The number of aromatic hydroxyl groups is 1. The lowest BCUT2D eigenvalue weighted by Crippen LogP contribution is -2.52. The predicted octanol–water partition coefficient (Wildman–Crippen LogP) is 7.71. The molecule has 7 atom stereocenters. The average molecular weight is 796 g/mol. The Morgan fingerprint density at radius 2 is 1.78 bits per heavy atom. The van der Waals surface area contributed by atoms with E-state index in [0.29, 0.717) is 60.6 Å². The van der Waals surface area contributed by atoms with Crippen LogP contribution in [0.1, 0.15) is 74.5 Å². The molecule has 2 saturated heterocycles. The second-order valence-corrected chi connectivity index (χ2v) is 17.5. The first-order valence-corrected chi connectivity index (χ1v) is 21.8. The van der Waals surface area contributed by atoms with Crippen LogP contribution < -0.4 is 16.0 Å². The molecule has 4 aliphatic carbocycles. The number of carbonyl (C=O) groups is 2. The maximum atomic E-state index is 14.8. The molecule has 1 saturated carbocycles. The summed E-state index contributed by atoms with van der Waals surface area (Å²) in [5, 5.41) is 31.6. The van der Waals surface area contributed by atoms with Gasteiger partial charge in [-0.25, -0.2) is 9.59 Å².